The Kier molecular flexibility index (Phi) is 3.05. The summed E-state index contributed by atoms with van der Waals surface area (Å²) in [5.41, 5.74) is 5.50. The van der Waals surface area contributed by atoms with Gasteiger partial charge >= 0.3 is 0 Å². The zero-order valence-corrected chi connectivity index (χ0v) is 7.29. The fraction of sp³-hybridized carbons (Fsp3) is 0.875. The predicted octanol–water partition coefficient (Wildman–Crippen LogP) is -0.637. The molecule has 12 heavy (non-hydrogen) atoms. The summed E-state index contributed by atoms with van der Waals surface area (Å²) in [7, 11) is 0. The Hall–Kier alpha value is -0.610. The highest BCUT2D eigenvalue weighted by molar-refractivity contribution is 5.81. The molecule has 1 fully saturated rings. The van der Waals surface area contributed by atoms with Gasteiger partial charge in [0.2, 0.25) is 5.91 Å². The zero-order valence-electron chi connectivity index (χ0n) is 7.29. The van der Waals surface area contributed by atoms with Gasteiger partial charge in [-0.3, -0.25) is 4.79 Å². The molecule has 0 saturated heterocycles. The lowest BCUT2D eigenvalue weighted by Crippen LogP contribution is -2.51. The van der Waals surface area contributed by atoms with Crippen molar-refractivity contribution in [1.29, 1.82) is 0 Å². The molecule has 0 unspecified atom stereocenters. The maximum Gasteiger partial charge on any atom is 0.237 e. The first-order valence-electron chi connectivity index (χ1n) is 4.37. The van der Waals surface area contributed by atoms with E-state index in [1.165, 1.54) is 0 Å². The van der Waals surface area contributed by atoms with E-state index in [1.54, 1.807) is 0 Å². The number of aliphatic hydroxyl groups is 1. The first-order valence-corrected chi connectivity index (χ1v) is 4.37. The summed E-state index contributed by atoms with van der Waals surface area (Å²) in [4.78, 5) is 11.2. The van der Waals surface area contributed by atoms with E-state index >= 15 is 0 Å². The zero-order chi connectivity index (χ0) is 9.14. The minimum atomic E-state index is -0.400. The monoisotopic (exact) mass is 172 g/mol. The Labute approximate surface area is 72.1 Å². The molecular weight excluding hydrogens is 156 g/mol. The molecule has 0 radical (unpaired) electrons. The number of hydrogen-bond donors (Lipinski definition) is 3. The van der Waals surface area contributed by atoms with Crippen LogP contribution in [0.4, 0.5) is 0 Å². The normalized spacial score (nSPS) is 30.6. The van der Waals surface area contributed by atoms with Crippen LogP contribution in [-0.4, -0.2) is 29.2 Å². The van der Waals surface area contributed by atoms with Crippen LogP contribution in [0, 0.1) is 0 Å². The molecule has 0 aromatic rings. The maximum atomic E-state index is 11.2. The number of carbonyl (C=O) groups is 1. The maximum absolute atomic E-state index is 11.2. The quantitative estimate of drug-likeness (QED) is 0.530. The third kappa shape index (κ3) is 2.19. The van der Waals surface area contributed by atoms with Gasteiger partial charge in [-0.2, -0.15) is 0 Å². The van der Waals surface area contributed by atoms with Gasteiger partial charge in [0.15, 0.2) is 0 Å². The summed E-state index contributed by atoms with van der Waals surface area (Å²) in [6, 6.07) is -0.257. The number of amides is 1. The molecule has 0 aromatic carbocycles. The van der Waals surface area contributed by atoms with Gasteiger partial charge in [-0.25, -0.2) is 0 Å². The molecule has 70 valence electrons. The SMILES string of the molecule is CC[C@H](N)C(=O)NC1CC(O)C1. The van der Waals surface area contributed by atoms with Crippen LogP contribution in [0.25, 0.3) is 0 Å². The summed E-state index contributed by atoms with van der Waals surface area (Å²) in [6.45, 7) is 1.87. The van der Waals surface area contributed by atoms with Crippen LogP contribution in [0.15, 0.2) is 0 Å². The Morgan fingerprint density at radius 3 is 2.75 bits per heavy atom. The molecule has 0 aromatic heterocycles. The highest BCUT2D eigenvalue weighted by Crippen LogP contribution is 2.19. The van der Waals surface area contributed by atoms with Gasteiger partial charge in [0, 0.05) is 6.04 Å². The Morgan fingerprint density at radius 1 is 1.75 bits per heavy atom. The summed E-state index contributed by atoms with van der Waals surface area (Å²) in [5.74, 6) is -0.102. The molecule has 1 amide bonds. The molecule has 1 aliphatic carbocycles. The van der Waals surface area contributed by atoms with E-state index in [2.05, 4.69) is 5.32 Å². The standard InChI is InChI=1S/C8H16N2O2/c1-2-7(9)8(12)10-5-3-6(11)4-5/h5-7,11H,2-4,9H2,1H3,(H,10,12)/t5?,6?,7-/m0/s1. The number of nitrogens with two attached hydrogens (primary N) is 1. The Morgan fingerprint density at radius 2 is 2.33 bits per heavy atom. The molecule has 4 nitrogen and oxygen atoms in total. The largest absolute Gasteiger partial charge is 0.393 e. The molecule has 1 saturated carbocycles. The average molecular weight is 172 g/mol. The molecule has 1 aliphatic rings. The first-order chi connectivity index (χ1) is 5.63. The predicted molar refractivity (Wildman–Crippen MR) is 45.4 cm³/mol. The Balaban J connectivity index is 2.18. The molecule has 1 rings (SSSR count). The van der Waals surface area contributed by atoms with Crippen LogP contribution in [0.1, 0.15) is 26.2 Å². The van der Waals surface area contributed by atoms with Gasteiger partial charge < -0.3 is 16.2 Å². The minimum Gasteiger partial charge on any atom is -0.393 e. The minimum absolute atomic E-state index is 0.102. The van der Waals surface area contributed by atoms with Crippen molar-refractivity contribution in [3.8, 4) is 0 Å². The summed E-state index contributed by atoms with van der Waals surface area (Å²) in [5, 5.41) is 11.7. The van der Waals surface area contributed by atoms with E-state index in [-0.39, 0.29) is 18.1 Å². The topological polar surface area (TPSA) is 75.4 Å². The highest BCUT2D eigenvalue weighted by atomic mass is 16.3. The number of aliphatic hydroxyl groups excluding tert-OH is 1. The van der Waals surface area contributed by atoms with E-state index < -0.39 is 6.04 Å². The molecular formula is C8H16N2O2. The fourth-order valence-corrected chi connectivity index (χ4v) is 1.20. The fourth-order valence-electron chi connectivity index (χ4n) is 1.20. The van der Waals surface area contributed by atoms with Crippen molar-refractivity contribution in [3.05, 3.63) is 0 Å². The number of rotatable bonds is 3. The van der Waals surface area contributed by atoms with Crippen LogP contribution >= 0.6 is 0 Å². The lowest BCUT2D eigenvalue weighted by molar-refractivity contribution is -0.124. The van der Waals surface area contributed by atoms with Crippen molar-refractivity contribution in [2.45, 2.75) is 44.4 Å². The van der Waals surface area contributed by atoms with Gasteiger partial charge in [0.25, 0.3) is 0 Å². The van der Waals surface area contributed by atoms with Crippen molar-refractivity contribution < 1.29 is 9.90 Å². The van der Waals surface area contributed by atoms with E-state index in [0.29, 0.717) is 19.3 Å². The van der Waals surface area contributed by atoms with Crippen LogP contribution in [-0.2, 0) is 4.79 Å². The highest BCUT2D eigenvalue weighted by Gasteiger charge is 2.29. The molecule has 1 atom stereocenters. The van der Waals surface area contributed by atoms with Gasteiger partial charge in [-0.1, -0.05) is 6.92 Å². The Bertz CT molecular complexity index is 166. The van der Waals surface area contributed by atoms with Gasteiger partial charge in [0.1, 0.15) is 0 Å². The number of carbonyl (C=O) groups excluding carboxylic acids is 1. The third-order valence-corrected chi connectivity index (χ3v) is 2.24. The first kappa shape index (κ1) is 9.48. The summed E-state index contributed by atoms with van der Waals surface area (Å²) in [6.07, 6.45) is 1.76. The number of nitrogens with one attached hydrogen (secondary N) is 1. The molecule has 4 N–H and O–H groups in total. The van der Waals surface area contributed by atoms with Crippen molar-refractivity contribution in [1.82, 2.24) is 5.32 Å². The molecule has 0 spiro atoms. The van der Waals surface area contributed by atoms with E-state index in [4.69, 9.17) is 10.8 Å². The third-order valence-electron chi connectivity index (χ3n) is 2.24. The van der Waals surface area contributed by atoms with Crippen molar-refractivity contribution in [3.63, 3.8) is 0 Å². The van der Waals surface area contributed by atoms with E-state index in [1.807, 2.05) is 6.92 Å². The average Bonchev–Trinajstić information content (AvgIpc) is 2.00. The van der Waals surface area contributed by atoms with Crippen LogP contribution in [0.3, 0.4) is 0 Å². The second-order valence-electron chi connectivity index (χ2n) is 3.35. The van der Waals surface area contributed by atoms with Crippen molar-refractivity contribution in [2.75, 3.05) is 0 Å². The smallest absolute Gasteiger partial charge is 0.237 e. The van der Waals surface area contributed by atoms with E-state index in [9.17, 15) is 4.79 Å². The van der Waals surface area contributed by atoms with Crippen LogP contribution < -0.4 is 11.1 Å². The van der Waals surface area contributed by atoms with Crippen molar-refractivity contribution >= 4 is 5.91 Å². The number of hydrogen-bond acceptors (Lipinski definition) is 3. The van der Waals surface area contributed by atoms with Crippen molar-refractivity contribution in [2.24, 2.45) is 5.73 Å². The summed E-state index contributed by atoms with van der Waals surface area (Å²) >= 11 is 0. The lowest BCUT2D eigenvalue weighted by atomic mass is 9.89. The second kappa shape index (κ2) is 3.87. The molecule has 4 heteroatoms. The van der Waals surface area contributed by atoms with Crippen LogP contribution in [0.5, 0.6) is 0 Å². The molecule has 0 bridgehead atoms. The second-order valence-corrected chi connectivity index (χ2v) is 3.35. The molecule has 0 aliphatic heterocycles. The lowest BCUT2D eigenvalue weighted by Gasteiger charge is -2.32. The van der Waals surface area contributed by atoms with Gasteiger partial charge in [-0.05, 0) is 19.3 Å². The molecule has 0 heterocycles. The van der Waals surface area contributed by atoms with Gasteiger partial charge in [-0.15, -0.1) is 0 Å². The summed E-state index contributed by atoms with van der Waals surface area (Å²) < 4.78 is 0. The van der Waals surface area contributed by atoms with Crippen LogP contribution in [0.2, 0.25) is 0 Å². The van der Waals surface area contributed by atoms with E-state index in [0.717, 1.165) is 0 Å². The van der Waals surface area contributed by atoms with Gasteiger partial charge in [0.05, 0.1) is 12.1 Å².